The highest BCUT2D eigenvalue weighted by molar-refractivity contribution is 5.85. The first-order valence-corrected chi connectivity index (χ1v) is 8.97. The van der Waals surface area contributed by atoms with Gasteiger partial charge in [-0.05, 0) is 56.5 Å². The lowest BCUT2D eigenvalue weighted by molar-refractivity contribution is -0.153. The minimum atomic E-state index is -0.896. The van der Waals surface area contributed by atoms with Crippen LogP contribution in [0.5, 0.6) is 5.75 Å². The highest BCUT2D eigenvalue weighted by Gasteiger charge is 2.38. The Balaban J connectivity index is 1.64. The fourth-order valence-corrected chi connectivity index (χ4v) is 3.94. The Morgan fingerprint density at radius 1 is 1.16 bits per heavy atom. The van der Waals surface area contributed by atoms with Gasteiger partial charge in [0.1, 0.15) is 11.8 Å². The van der Waals surface area contributed by atoms with E-state index in [4.69, 9.17) is 4.74 Å². The molecule has 0 aromatic heterocycles. The average molecular weight is 346 g/mol. The van der Waals surface area contributed by atoms with Gasteiger partial charge in [0.2, 0.25) is 5.91 Å². The van der Waals surface area contributed by atoms with Crippen LogP contribution in [0.25, 0.3) is 0 Å². The molecule has 0 bridgehead atoms. The molecule has 1 amide bonds. The van der Waals surface area contributed by atoms with E-state index < -0.39 is 12.0 Å². The number of likely N-dealkylation sites (tertiary alicyclic amines) is 2. The summed E-state index contributed by atoms with van der Waals surface area (Å²) in [4.78, 5) is 28.4. The third-order valence-electron chi connectivity index (χ3n) is 5.35. The van der Waals surface area contributed by atoms with E-state index in [0.29, 0.717) is 13.0 Å². The average Bonchev–Trinajstić information content (AvgIpc) is 3.16. The molecule has 2 saturated heterocycles. The van der Waals surface area contributed by atoms with Gasteiger partial charge >= 0.3 is 5.97 Å². The van der Waals surface area contributed by atoms with E-state index in [1.165, 1.54) is 12.8 Å². The number of ether oxygens (including phenoxy) is 1. The van der Waals surface area contributed by atoms with E-state index in [9.17, 15) is 14.7 Å². The predicted octanol–water partition coefficient (Wildman–Crippen LogP) is 1.78. The molecule has 6 heteroatoms. The maximum Gasteiger partial charge on any atom is 0.326 e. The zero-order chi connectivity index (χ0) is 17.8. The molecular weight excluding hydrogens is 320 g/mol. The molecule has 1 aromatic carbocycles. The van der Waals surface area contributed by atoms with Crippen molar-refractivity contribution in [3.05, 3.63) is 29.8 Å². The van der Waals surface area contributed by atoms with Gasteiger partial charge in [0.15, 0.2) is 0 Å². The van der Waals surface area contributed by atoms with Crippen molar-refractivity contribution in [2.24, 2.45) is 0 Å². The smallest absolute Gasteiger partial charge is 0.326 e. The van der Waals surface area contributed by atoms with Crippen LogP contribution in [0.2, 0.25) is 0 Å². The van der Waals surface area contributed by atoms with Crippen molar-refractivity contribution in [1.29, 1.82) is 0 Å². The van der Waals surface area contributed by atoms with Crippen molar-refractivity contribution in [3.63, 3.8) is 0 Å². The van der Waals surface area contributed by atoms with E-state index in [1.807, 2.05) is 24.3 Å². The van der Waals surface area contributed by atoms with Gasteiger partial charge in [-0.3, -0.25) is 4.79 Å². The molecule has 2 unspecified atom stereocenters. The molecule has 2 fully saturated rings. The third-order valence-corrected chi connectivity index (χ3v) is 5.35. The number of benzene rings is 1. The van der Waals surface area contributed by atoms with Gasteiger partial charge in [-0.1, -0.05) is 12.1 Å². The quantitative estimate of drug-likeness (QED) is 0.880. The topological polar surface area (TPSA) is 70.1 Å². The number of piperidine rings is 1. The molecule has 2 atom stereocenters. The van der Waals surface area contributed by atoms with Gasteiger partial charge in [0.05, 0.1) is 13.5 Å². The number of methoxy groups -OCH3 is 1. The molecule has 1 N–H and O–H groups in total. The molecule has 0 saturated carbocycles. The van der Waals surface area contributed by atoms with Gasteiger partial charge in [-0.15, -0.1) is 0 Å². The summed E-state index contributed by atoms with van der Waals surface area (Å²) >= 11 is 0. The van der Waals surface area contributed by atoms with Crippen LogP contribution in [0, 0.1) is 0 Å². The van der Waals surface area contributed by atoms with E-state index in [1.54, 1.807) is 12.0 Å². The van der Waals surface area contributed by atoms with Gasteiger partial charge < -0.3 is 19.6 Å². The Labute approximate surface area is 148 Å². The van der Waals surface area contributed by atoms with Crippen LogP contribution in [0.3, 0.4) is 0 Å². The van der Waals surface area contributed by atoms with Crippen LogP contribution in [0.1, 0.15) is 31.2 Å². The molecule has 136 valence electrons. The second-order valence-corrected chi connectivity index (χ2v) is 6.89. The second kappa shape index (κ2) is 7.87. The zero-order valence-electron chi connectivity index (χ0n) is 14.7. The molecule has 6 nitrogen and oxygen atoms in total. The lowest BCUT2D eigenvalue weighted by atomic mass is 9.95. The fraction of sp³-hybridized carbons (Fsp3) is 0.579. The monoisotopic (exact) mass is 346 g/mol. The van der Waals surface area contributed by atoms with Crippen molar-refractivity contribution in [2.75, 3.05) is 26.7 Å². The van der Waals surface area contributed by atoms with E-state index >= 15 is 0 Å². The number of nitrogens with zero attached hydrogens (tertiary/aromatic N) is 2. The van der Waals surface area contributed by atoms with Crippen LogP contribution in [0.15, 0.2) is 24.3 Å². The highest BCUT2D eigenvalue weighted by atomic mass is 16.5. The molecule has 0 aliphatic carbocycles. The third kappa shape index (κ3) is 4.12. The number of carboxylic acids is 1. The molecular formula is C19H26N2O4. The van der Waals surface area contributed by atoms with Crippen LogP contribution in [0.4, 0.5) is 0 Å². The minimum Gasteiger partial charge on any atom is -0.497 e. The lowest BCUT2D eigenvalue weighted by Crippen LogP contribution is -2.54. The van der Waals surface area contributed by atoms with Gasteiger partial charge in [-0.2, -0.15) is 0 Å². The van der Waals surface area contributed by atoms with Gasteiger partial charge in [-0.25, -0.2) is 4.79 Å². The summed E-state index contributed by atoms with van der Waals surface area (Å²) < 4.78 is 5.12. The Kier molecular flexibility index (Phi) is 5.58. The molecule has 25 heavy (non-hydrogen) atoms. The fourth-order valence-electron chi connectivity index (χ4n) is 3.94. The van der Waals surface area contributed by atoms with E-state index in [2.05, 4.69) is 4.90 Å². The molecule has 2 heterocycles. The van der Waals surface area contributed by atoms with E-state index in [-0.39, 0.29) is 18.4 Å². The van der Waals surface area contributed by atoms with Gasteiger partial charge in [0.25, 0.3) is 0 Å². The van der Waals surface area contributed by atoms with Crippen LogP contribution in [-0.4, -0.2) is 65.6 Å². The first kappa shape index (κ1) is 17.7. The number of amides is 1. The first-order chi connectivity index (χ1) is 12.1. The summed E-state index contributed by atoms with van der Waals surface area (Å²) in [6.07, 6.45) is 3.99. The second-order valence-electron chi connectivity index (χ2n) is 6.89. The zero-order valence-corrected chi connectivity index (χ0v) is 14.7. The molecule has 0 radical (unpaired) electrons. The van der Waals surface area contributed by atoms with Crippen molar-refractivity contribution in [3.8, 4) is 5.75 Å². The first-order valence-electron chi connectivity index (χ1n) is 8.97. The number of aliphatic carboxylic acids is 1. The largest absolute Gasteiger partial charge is 0.497 e. The van der Waals surface area contributed by atoms with Crippen molar-refractivity contribution in [1.82, 2.24) is 9.80 Å². The lowest BCUT2D eigenvalue weighted by Gasteiger charge is -2.40. The summed E-state index contributed by atoms with van der Waals surface area (Å²) in [7, 11) is 1.60. The Morgan fingerprint density at radius 2 is 1.84 bits per heavy atom. The van der Waals surface area contributed by atoms with Crippen LogP contribution < -0.4 is 4.74 Å². The highest BCUT2D eigenvalue weighted by Crippen LogP contribution is 2.26. The van der Waals surface area contributed by atoms with Crippen LogP contribution >= 0.6 is 0 Å². The number of carbonyl (C=O) groups is 2. The number of carboxylic acid groups (broad SMARTS) is 1. The van der Waals surface area contributed by atoms with Gasteiger partial charge in [0, 0.05) is 12.6 Å². The van der Waals surface area contributed by atoms with Crippen molar-refractivity contribution < 1.29 is 19.4 Å². The molecule has 0 spiro atoms. The Morgan fingerprint density at radius 3 is 2.44 bits per heavy atom. The number of hydrogen-bond acceptors (Lipinski definition) is 4. The predicted molar refractivity (Wildman–Crippen MR) is 93.7 cm³/mol. The molecule has 3 rings (SSSR count). The summed E-state index contributed by atoms with van der Waals surface area (Å²) in [6.45, 7) is 2.63. The minimum absolute atomic E-state index is 0.113. The van der Waals surface area contributed by atoms with E-state index in [0.717, 1.165) is 30.8 Å². The number of hydrogen-bond donors (Lipinski definition) is 1. The maximum absolute atomic E-state index is 12.7. The normalized spacial score (nSPS) is 24.3. The van der Waals surface area contributed by atoms with Crippen molar-refractivity contribution >= 4 is 11.9 Å². The SMILES string of the molecule is COc1ccc(CC(=O)N2CCC(N3CCCC3)CC2C(=O)O)cc1. The molecule has 1 aromatic rings. The van der Waals surface area contributed by atoms with Crippen LogP contribution in [-0.2, 0) is 16.0 Å². The Hall–Kier alpha value is -2.08. The molecule has 2 aliphatic rings. The summed E-state index contributed by atoms with van der Waals surface area (Å²) in [5.74, 6) is -0.268. The van der Waals surface area contributed by atoms with Crippen molar-refractivity contribution in [2.45, 2.75) is 44.2 Å². The summed E-state index contributed by atoms with van der Waals surface area (Å²) in [6, 6.07) is 6.90. The maximum atomic E-state index is 12.7. The summed E-state index contributed by atoms with van der Waals surface area (Å²) in [5, 5.41) is 9.62. The number of carbonyl (C=O) groups excluding carboxylic acids is 1. The standard InChI is InChI=1S/C19H26N2O4/c1-25-16-6-4-14(5-7-16)12-18(22)21-11-8-15(13-17(21)19(23)24)20-9-2-3-10-20/h4-7,15,17H,2-3,8-13H2,1H3,(H,23,24). The summed E-state index contributed by atoms with van der Waals surface area (Å²) in [5.41, 5.74) is 0.872. The Bertz CT molecular complexity index is 610. The molecule has 2 aliphatic heterocycles. The number of rotatable bonds is 5.